The Bertz CT molecular complexity index is 1930. The molecule has 0 fully saturated rings. The van der Waals surface area contributed by atoms with E-state index in [0.29, 0.717) is 23.6 Å². The maximum Gasteiger partial charge on any atom is 0.417 e. The van der Waals surface area contributed by atoms with Crippen molar-refractivity contribution in [2.24, 2.45) is 0 Å². The number of halogens is 3. The van der Waals surface area contributed by atoms with Crippen LogP contribution >= 0.6 is 0 Å². The van der Waals surface area contributed by atoms with E-state index in [1.54, 1.807) is 30.3 Å². The Morgan fingerprint density at radius 3 is 2.26 bits per heavy atom. The summed E-state index contributed by atoms with van der Waals surface area (Å²) in [5, 5.41) is 14.7. The second-order valence-corrected chi connectivity index (χ2v) is 11.7. The first-order chi connectivity index (χ1) is 20.5. The normalized spacial score (nSPS) is 16.0. The van der Waals surface area contributed by atoms with E-state index < -0.39 is 22.1 Å². The lowest BCUT2D eigenvalue weighted by Crippen LogP contribution is -2.29. The number of alkyl halides is 3. The number of hydrogen-bond donors (Lipinski definition) is 0. The van der Waals surface area contributed by atoms with E-state index in [1.807, 2.05) is 48.7 Å². The second-order valence-electron chi connectivity index (χ2n) is 11.7. The van der Waals surface area contributed by atoms with Crippen LogP contribution in [0.3, 0.4) is 0 Å². The van der Waals surface area contributed by atoms with Crippen molar-refractivity contribution in [3.05, 3.63) is 142 Å². The quantitative estimate of drug-likeness (QED) is 0.117. The largest absolute Gasteiger partial charge is 0.417 e. The number of nitrogens with zero attached hydrogens (tertiary/aromatic N) is 2. The average molecular weight is 579 g/mol. The van der Waals surface area contributed by atoms with Gasteiger partial charge in [-0.25, -0.2) is 0 Å². The summed E-state index contributed by atoms with van der Waals surface area (Å²) in [5.41, 5.74) is 2.92. The highest BCUT2D eigenvalue weighted by atomic mass is 19.4. The van der Waals surface area contributed by atoms with E-state index in [4.69, 9.17) is 0 Å². The summed E-state index contributed by atoms with van der Waals surface area (Å²) < 4.78 is 42.0. The van der Waals surface area contributed by atoms with Crippen LogP contribution in [0, 0.1) is 10.1 Å². The highest BCUT2D eigenvalue weighted by Crippen LogP contribution is 2.49. The van der Waals surface area contributed by atoms with Crippen molar-refractivity contribution >= 4 is 38.1 Å². The molecule has 1 atom stereocenters. The van der Waals surface area contributed by atoms with Gasteiger partial charge in [-0.05, 0) is 80.6 Å². The van der Waals surface area contributed by atoms with Crippen LogP contribution in [-0.2, 0) is 18.0 Å². The summed E-state index contributed by atoms with van der Waals surface area (Å²) in [6.07, 6.45) is -1.33. The zero-order valence-electron chi connectivity index (χ0n) is 23.7. The molecule has 216 valence electrons. The number of nitro groups is 1. The number of non-ortho nitro benzene ring substituents is 1. The highest BCUT2D eigenvalue weighted by Gasteiger charge is 2.38. The van der Waals surface area contributed by atoms with E-state index in [0.717, 1.165) is 27.6 Å². The van der Waals surface area contributed by atoms with Crippen molar-refractivity contribution in [2.45, 2.75) is 44.2 Å². The Balaban J connectivity index is 0.000000277. The first-order valence-corrected chi connectivity index (χ1v) is 14.1. The van der Waals surface area contributed by atoms with E-state index in [-0.39, 0.29) is 17.0 Å². The van der Waals surface area contributed by atoms with Gasteiger partial charge in [-0.1, -0.05) is 86.6 Å². The maximum absolute atomic E-state index is 14.0. The molecule has 4 nitrogen and oxygen atoms in total. The smallest absolute Gasteiger partial charge is 0.258 e. The summed E-state index contributed by atoms with van der Waals surface area (Å²) in [4.78, 5) is 15.0. The molecule has 0 spiro atoms. The van der Waals surface area contributed by atoms with Crippen LogP contribution in [0.4, 0.5) is 18.9 Å². The standard InChI is InChI=1S/C27H22F3NO2.C9H7N/c1-26(2)15-18(16-6-5-7-19(13-16)31(32)33)12-17-10-11-21-20-8-3-4-9-22(20)24(27(28,29)30)14-23(21)25(17)26;1-2-6-9-8(4-1)5-3-7-10-9/h3-11,13-14,18H,12,15H2,1-2H3;1-7H. The molecule has 1 aromatic heterocycles. The number of rotatable bonds is 2. The number of aromatic nitrogens is 1. The van der Waals surface area contributed by atoms with Gasteiger partial charge in [0.25, 0.3) is 5.69 Å². The number of fused-ring (bicyclic) bond motifs is 6. The zero-order chi connectivity index (χ0) is 30.4. The molecule has 43 heavy (non-hydrogen) atoms. The molecule has 0 amide bonds. The van der Waals surface area contributed by atoms with Crippen LogP contribution in [0.15, 0.2) is 109 Å². The summed E-state index contributed by atoms with van der Waals surface area (Å²) in [6.45, 7) is 4.11. The Kier molecular flexibility index (Phi) is 7.12. The lowest BCUT2D eigenvalue weighted by molar-refractivity contribution is -0.384. The molecule has 1 unspecified atom stereocenters. The molecular weight excluding hydrogens is 549 g/mol. The fourth-order valence-electron chi connectivity index (χ4n) is 6.63. The molecule has 0 saturated heterocycles. The third-order valence-corrected chi connectivity index (χ3v) is 8.40. The average Bonchev–Trinajstić information content (AvgIpc) is 2.99. The summed E-state index contributed by atoms with van der Waals surface area (Å²) in [7, 11) is 0. The molecule has 0 saturated carbocycles. The van der Waals surface area contributed by atoms with E-state index in [1.165, 1.54) is 23.6 Å². The Hall–Kier alpha value is -4.78. The molecule has 1 aliphatic carbocycles. The third-order valence-electron chi connectivity index (χ3n) is 8.40. The molecule has 0 aliphatic heterocycles. The molecule has 0 radical (unpaired) electrons. The molecule has 7 heteroatoms. The van der Waals surface area contributed by atoms with Gasteiger partial charge in [0.2, 0.25) is 0 Å². The van der Waals surface area contributed by atoms with Gasteiger partial charge in [0.05, 0.1) is 16.0 Å². The van der Waals surface area contributed by atoms with Crippen molar-refractivity contribution in [1.29, 1.82) is 0 Å². The van der Waals surface area contributed by atoms with Crippen LogP contribution in [0.2, 0.25) is 0 Å². The lowest BCUT2D eigenvalue weighted by atomic mass is 9.65. The Morgan fingerprint density at radius 2 is 1.51 bits per heavy atom. The summed E-state index contributed by atoms with van der Waals surface area (Å²) >= 11 is 0. The minimum absolute atomic E-state index is 0.0485. The number of nitro benzene ring substituents is 1. The maximum atomic E-state index is 14.0. The molecule has 6 aromatic rings. The van der Waals surface area contributed by atoms with Crippen LogP contribution in [0.5, 0.6) is 0 Å². The first kappa shape index (κ1) is 28.3. The number of benzene rings is 5. The minimum Gasteiger partial charge on any atom is -0.258 e. The molecule has 7 rings (SSSR count). The van der Waals surface area contributed by atoms with Crippen LogP contribution in [0.25, 0.3) is 32.4 Å². The van der Waals surface area contributed by atoms with Crippen molar-refractivity contribution in [1.82, 2.24) is 4.98 Å². The van der Waals surface area contributed by atoms with Crippen molar-refractivity contribution < 1.29 is 18.1 Å². The van der Waals surface area contributed by atoms with E-state index >= 15 is 0 Å². The highest BCUT2D eigenvalue weighted by molar-refractivity contribution is 6.10. The molecule has 1 heterocycles. The van der Waals surface area contributed by atoms with Gasteiger partial charge in [-0.3, -0.25) is 15.1 Å². The van der Waals surface area contributed by atoms with Gasteiger partial charge < -0.3 is 0 Å². The van der Waals surface area contributed by atoms with Gasteiger partial charge >= 0.3 is 6.18 Å². The minimum atomic E-state index is -4.46. The molecular formula is C36H29F3N2O2. The predicted octanol–water partition coefficient (Wildman–Crippen LogP) is 10.2. The van der Waals surface area contributed by atoms with Gasteiger partial charge in [0.15, 0.2) is 0 Å². The number of pyridine rings is 1. The summed E-state index contributed by atoms with van der Waals surface area (Å²) in [5.74, 6) is 0.0485. The zero-order valence-corrected chi connectivity index (χ0v) is 23.7. The van der Waals surface area contributed by atoms with Gasteiger partial charge in [0.1, 0.15) is 0 Å². The Labute approximate surface area is 247 Å². The fraction of sp³-hybridized carbons (Fsp3) is 0.194. The van der Waals surface area contributed by atoms with E-state index in [2.05, 4.69) is 31.0 Å². The van der Waals surface area contributed by atoms with Crippen LogP contribution < -0.4 is 0 Å². The van der Waals surface area contributed by atoms with Gasteiger partial charge in [-0.15, -0.1) is 0 Å². The third kappa shape index (κ3) is 5.43. The number of para-hydroxylation sites is 1. The SMILES string of the molecule is CC1(C)CC(c2cccc([N+](=O)[O-])c2)Cc2ccc3c(cc(C(F)(F)F)c4ccccc43)c21.c1ccc2ncccc2c1. The molecule has 5 aromatic carbocycles. The lowest BCUT2D eigenvalue weighted by Gasteiger charge is -2.39. The Morgan fingerprint density at radius 1 is 0.814 bits per heavy atom. The molecule has 0 bridgehead atoms. The predicted molar refractivity (Wildman–Crippen MR) is 165 cm³/mol. The van der Waals surface area contributed by atoms with Gasteiger partial charge in [0, 0.05) is 23.7 Å². The van der Waals surface area contributed by atoms with Crippen molar-refractivity contribution in [3.8, 4) is 0 Å². The van der Waals surface area contributed by atoms with Gasteiger partial charge in [-0.2, -0.15) is 13.2 Å². The molecule has 1 aliphatic rings. The van der Waals surface area contributed by atoms with Crippen LogP contribution in [-0.4, -0.2) is 9.91 Å². The van der Waals surface area contributed by atoms with Crippen molar-refractivity contribution in [2.75, 3.05) is 0 Å². The molecule has 0 N–H and O–H groups in total. The second kappa shape index (κ2) is 10.8. The number of hydrogen-bond acceptors (Lipinski definition) is 3. The van der Waals surface area contributed by atoms with Crippen molar-refractivity contribution in [3.63, 3.8) is 0 Å². The summed E-state index contributed by atoms with van der Waals surface area (Å²) in [6, 6.07) is 30.7. The first-order valence-electron chi connectivity index (χ1n) is 14.1. The van der Waals surface area contributed by atoms with Crippen LogP contribution in [0.1, 0.15) is 48.4 Å². The van der Waals surface area contributed by atoms with E-state index in [9.17, 15) is 23.3 Å². The monoisotopic (exact) mass is 578 g/mol. The fourth-order valence-corrected chi connectivity index (χ4v) is 6.63. The topological polar surface area (TPSA) is 56.0 Å².